The van der Waals surface area contributed by atoms with Crippen LogP contribution in [0.1, 0.15) is 15.9 Å². The van der Waals surface area contributed by atoms with Crippen molar-refractivity contribution in [3.8, 4) is 0 Å². The van der Waals surface area contributed by atoms with E-state index >= 15 is 0 Å². The highest BCUT2D eigenvalue weighted by molar-refractivity contribution is 7.89. The Bertz CT molecular complexity index is 1530. The van der Waals surface area contributed by atoms with E-state index in [1.54, 1.807) is 30.3 Å². The molecule has 0 saturated carbocycles. The molecule has 0 unspecified atom stereocenters. The lowest BCUT2D eigenvalue weighted by Gasteiger charge is -2.10. The average Bonchev–Trinajstić information content (AvgIpc) is 2.82. The zero-order valence-corrected chi connectivity index (χ0v) is 18.0. The van der Waals surface area contributed by atoms with Gasteiger partial charge in [-0.3, -0.25) is 4.79 Å². The molecule has 0 bridgehead atoms. The van der Waals surface area contributed by atoms with E-state index in [1.165, 1.54) is 36.4 Å². The highest BCUT2D eigenvalue weighted by atomic mass is 32.2. The third kappa shape index (κ3) is 5.09. The van der Waals surface area contributed by atoms with Gasteiger partial charge in [-0.25, -0.2) is 0 Å². The van der Waals surface area contributed by atoms with Crippen LogP contribution in [0.15, 0.2) is 99.3 Å². The number of rotatable bonds is 5. The van der Waals surface area contributed by atoms with E-state index in [-0.39, 0.29) is 21.7 Å². The number of carbonyl (C=O) groups excluding carboxylic acids is 1. The summed E-state index contributed by atoms with van der Waals surface area (Å²) in [6, 6.07) is 19.5. The van der Waals surface area contributed by atoms with E-state index in [2.05, 4.69) is 10.4 Å². The maximum absolute atomic E-state index is 13.0. The van der Waals surface area contributed by atoms with Gasteiger partial charge in [0.1, 0.15) is 11.1 Å². The second-order valence-corrected chi connectivity index (χ2v) is 8.72. The molecule has 3 aromatic carbocycles. The standard InChI is InChI=1S/C23H16F3N3O4S/c24-23(25,26)16-8-6-9-17(14-16)27-21(30)19-13-15-7-4-5-12-20(15)33-22(19)28-29-34(31,32)18-10-2-1-3-11-18/h1-14,29H,(H,27,30)/b28-22+. The molecule has 1 aromatic heterocycles. The highest BCUT2D eigenvalue weighted by Crippen LogP contribution is 2.30. The molecule has 0 saturated heterocycles. The lowest BCUT2D eigenvalue weighted by atomic mass is 10.1. The summed E-state index contributed by atoms with van der Waals surface area (Å²) in [5.74, 6) is -0.841. The summed E-state index contributed by atoms with van der Waals surface area (Å²) >= 11 is 0. The molecule has 0 spiro atoms. The van der Waals surface area contributed by atoms with Crippen LogP contribution in [0.2, 0.25) is 0 Å². The van der Waals surface area contributed by atoms with E-state index in [1.807, 2.05) is 4.83 Å². The molecule has 174 valence electrons. The summed E-state index contributed by atoms with van der Waals surface area (Å²) < 4.78 is 69.7. The molecule has 0 radical (unpaired) electrons. The molecule has 0 fully saturated rings. The van der Waals surface area contributed by atoms with E-state index < -0.39 is 27.7 Å². The average molecular weight is 487 g/mol. The third-order valence-electron chi connectivity index (χ3n) is 4.67. The Balaban J connectivity index is 1.74. The maximum Gasteiger partial charge on any atom is 0.416 e. The van der Waals surface area contributed by atoms with Crippen molar-refractivity contribution in [3.05, 3.63) is 102 Å². The number of hydrogen-bond donors (Lipinski definition) is 2. The van der Waals surface area contributed by atoms with Gasteiger partial charge in [-0.05, 0) is 42.5 Å². The second-order valence-electron chi connectivity index (χ2n) is 7.06. The molecule has 0 aliphatic heterocycles. The molecule has 0 aliphatic rings. The van der Waals surface area contributed by atoms with Gasteiger partial charge in [0.15, 0.2) is 0 Å². The SMILES string of the molecule is O=C(Nc1cccc(C(F)(F)F)c1)c1cc2ccccc2o/c1=N/NS(=O)(=O)c1ccccc1. The van der Waals surface area contributed by atoms with E-state index in [4.69, 9.17) is 4.42 Å². The van der Waals surface area contributed by atoms with Crippen molar-refractivity contribution in [2.45, 2.75) is 11.1 Å². The summed E-state index contributed by atoms with van der Waals surface area (Å²) in [7, 11) is -4.07. The Morgan fingerprint density at radius 1 is 0.882 bits per heavy atom. The Morgan fingerprint density at radius 2 is 1.59 bits per heavy atom. The third-order valence-corrected chi connectivity index (χ3v) is 5.89. The molecule has 0 aliphatic carbocycles. The zero-order valence-electron chi connectivity index (χ0n) is 17.2. The minimum atomic E-state index is -4.59. The first-order valence-electron chi connectivity index (χ1n) is 9.75. The first-order valence-corrected chi connectivity index (χ1v) is 11.2. The number of para-hydroxylation sites is 1. The Hall–Kier alpha value is -4.12. The maximum atomic E-state index is 13.0. The van der Waals surface area contributed by atoms with E-state index in [0.29, 0.717) is 11.0 Å². The molecular weight excluding hydrogens is 471 g/mol. The molecule has 1 heterocycles. The number of carbonyl (C=O) groups is 1. The predicted molar refractivity (Wildman–Crippen MR) is 118 cm³/mol. The topological polar surface area (TPSA) is 101 Å². The van der Waals surface area contributed by atoms with Gasteiger partial charge in [0, 0.05) is 11.1 Å². The van der Waals surface area contributed by atoms with Crippen LogP contribution in [0.25, 0.3) is 11.0 Å². The molecule has 4 rings (SSSR count). The summed E-state index contributed by atoms with van der Waals surface area (Å²) in [4.78, 5) is 14.9. The largest absolute Gasteiger partial charge is 0.436 e. The van der Waals surface area contributed by atoms with Crippen molar-refractivity contribution >= 4 is 32.6 Å². The molecule has 34 heavy (non-hydrogen) atoms. The zero-order chi connectivity index (χ0) is 24.3. The minimum absolute atomic E-state index is 0.0606. The van der Waals surface area contributed by atoms with Crippen LogP contribution in [-0.2, 0) is 16.2 Å². The van der Waals surface area contributed by atoms with Crippen molar-refractivity contribution in [2.75, 3.05) is 5.32 Å². The predicted octanol–water partition coefficient (Wildman–Crippen LogP) is 4.50. The first-order chi connectivity index (χ1) is 16.1. The molecule has 4 aromatic rings. The monoisotopic (exact) mass is 487 g/mol. The number of halogens is 3. The van der Waals surface area contributed by atoms with Gasteiger partial charge in [-0.1, -0.05) is 42.5 Å². The fraction of sp³-hybridized carbons (Fsp3) is 0.0435. The number of sulfonamides is 1. The van der Waals surface area contributed by atoms with Crippen molar-refractivity contribution < 1.29 is 30.8 Å². The quantitative estimate of drug-likeness (QED) is 0.405. The lowest BCUT2D eigenvalue weighted by molar-refractivity contribution is -0.137. The fourth-order valence-corrected chi connectivity index (χ4v) is 3.86. The summed E-state index contributed by atoms with van der Waals surface area (Å²) in [5, 5.41) is 6.65. The Labute approximate surface area is 191 Å². The van der Waals surface area contributed by atoms with Crippen LogP contribution in [-0.4, -0.2) is 14.3 Å². The molecule has 0 atom stereocenters. The number of nitrogens with zero attached hydrogens (tertiary/aromatic N) is 1. The van der Waals surface area contributed by atoms with Gasteiger partial charge in [0.25, 0.3) is 15.9 Å². The normalized spacial score (nSPS) is 12.5. The number of alkyl halides is 3. The second kappa shape index (κ2) is 9.02. The van der Waals surface area contributed by atoms with Gasteiger partial charge in [0.2, 0.25) is 5.55 Å². The van der Waals surface area contributed by atoms with Crippen molar-refractivity contribution in [1.82, 2.24) is 4.83 Å². The first kappa shape index (κ1) is 23.1. The smallest absolute Gasteiger partial charge is 0.416 e. The number of benzene rings is 3. The van der Waals surface area contributed by atoms with Crippen molar-refractivity contribution in [1.29, 1.82) is 0 Å². The van der Waals surface area contributed by atoms with E-state index in [9.17, 15) is 26.4 Å². The van der Waals surface area contributed by atoms with Crippen LogP contribution in [0.5, 0.6) is 0 Å². The van der Waals surface area contributed by atoms with Gasteiger partial charge < -0.3 is 9.73 Å². The van der Waals surface area contributed by atoms with Crippen molar-refractivity contribution in [3.63, 3.8) is 0 Å². The van der Waals surface area contributed by atoms with Crippen LogP contribution < -0.4 is 15.7 Å². The van der Waals surface area contributed by atoms with Gasteiger partial charge in [-0.15, -0.1) is 5.10 Å². The van der Waals surface area contributed by atoms with Gasteiger partial charge in [-0.2, -0.15) is 26.4 Å². The molecular formula is C23H16F3N3O4S. The summed E-state index contributed by atoms with van der Waals surface area (Å²) in [6.07, 6.45) is -4.59. The van der Waals surface area contributed by atoms with Gasteiger partial charge >= 0.3 is 6.18 Å². The Morgan fingerprint density at radius 3 is 2.32 bits per heavy atom. The summed E-state index contributed by atoms with van der Waals surface area (Å²) in [6.45, 7) is 0. The lowest BCUT2D eigenvalue weighted by Crippen LogP contribution is -2.27. The number of fused-ring (bicyclic) bond motifs is 1. The number of anilines is 1. The van der Waals surface area contributed by atoms with Crippen LogP contribution >= 0.6 is 0 Å². The van der Waals surface area contributed by atoms with E-state index in [0.717, 1.165) is 18.2 Å². The van der Waals surface area contributed by atoms with Gasteiger partial charge in [0.05, 0.1) is 10.5 Å². The van der Waals surface area contributed by atoms with Crippen LogP contribution in [0, 0.1) is 0 Å². The molecule has 7 nitrogen and oxygen atoms in total. The minimum Gasteiger partial charge on any atom is -0.436 e. The Kier molecular flexibility index (Phi) is 6.12. The molecule has 1 amide bonds. The summed E-state index contributed by atoms with van der Waals surface area (Å²) in [5.41, 5.74) is -1.29. The van der Waals surface area contributed by atoms with Crippen LogP contribution in [0.3, 0.4) is 0 Å². The fourth-order valence-electron chi connectivity index (χ4n) is 3.04. The highest BCUT2D eigenvalue weighted by Gasteiger charge is 2.30. The number of nitrogens with one attached hydrogen (secondary N) is 2. The molecule has 2 N–H and O–H groups in total. The van der Waals surface area contributed by atoms with Crippen molar-refractivity contribution in [2.24, 2.45) is 5.10 Å². The molecule has 11 heteroatoms. The number of amides is 1. The number of hydrogen-bond acceptors (Lipinski definition) is 5. The van der Waals surface area contributed by atoms with Crippen LogP contribution in [0.4, 0.5) is 18.9 Å².